The summed E-state index contributed by atoms with van der Waals surface area (Å²) in [6.07, 6.45) is 7.01. The van der Waals surface area contributed by atoms with E-state index in [0.717, 1.165) is 12.8 Å². The van der Waals surface area contributed by atoms with E-state index in [1.54, 1.807) is 24.3 Å². The summed E-state index contributed by atoms with van der Waals surface area (Å²) in [5, 5.41) is 5.85. The number of rotatable bonds is 4. The topological polar surface area (TPSA) is 58.2 Å². The highest BCUT2D eigenvalue weighted by atomic mass is 16.2. The van der Waals surface area contributed by atoms with Gasteiger partial charge in [-0.3, -0.25) is 9.59 Å². The summed E-state index contributed by atoms with van der Waals surface area (Å²) in [6, 6.07) is 7.18. The van der Waals surface area contributed by atoms with E-state index in [9.17, 15) is 9.59 Å². The highest BCUT2D eigenvalue weighted by molar-refractivity contribution is 5.99. The number of carbonyl (C=O) groups excluding carboxylic acids is 2. The maximum Gasteiger partial charge on any atom is 0.251 e. The van der Waals surface area contributed by atoms with Gasteiger partial charge in [0.2, 0.25) is 0 Å². The van der Waals surface area contributed by atoms with E-state index in [-0.39, 0.29) is 20.7 Å². The van der Waals surface area contributed by atoms with Crippen molar-refractivity contribution in [1.29, 1.82) is 0 Å². The molecule has 4 heteroatoms. The molecule has 0 aliphatic heterocycles. The van der Waals surface area contributed by atoms with Crippen LogP contribution >= 0.6 is 0 Å². The van der Waals surface area contributed by atoms with Crippen molar-refractivity contribution in [1.82, 2.24) is 10.6 Å². The minimum atomic E-state index is -0.137. The molecule has 0 saturated heterocycles. The van der Waals surface area contributed by atoms with Crippen molar-refractivity contribution >= 4 is 11.8 Å². The highest BCUT2D eigenvalue weighted by Crippen LogP contribution is 2.17. The molecule has 4 nitrogen and oxygen atoms in total. The summed E-state index contributed by atoms with van der Waals surface area (Å²) >= 11 is 0. The first-order valence-electron chi connectivity index (χ1n) is 7.90. The lowest BCUT2D eigenvalue weighted by atomic mass is 10.1. The van der Waals surface area contributed by atoms with Crippen molar-refractivity contribution in [2.75, 3.05) is 6.54 Å². The van der Waals surface area contributed by atoms with Gasteiger partial charge >= 0.3 is 0 Å². The van der Waals surface area contributed by atoms with Crippen LogP contribution < -0.4 is 10.6 Å². The third-order valence-electron chi connectivity index (χ3n) is 3.91. The van der Waals surface area contributed by atoms with Gasteiger partial charge in [0.05, 0.1) is 0 Å². The fourth-order valence-electron chi connectivity index (χ4n) is 2.76. The van der Waals surface area contributed by atoms with E-state index in [1.165, 1.54) is 25.7 Å². The molecule has 0 radical (unpaired) electrons. The van der Waals surface area contributed by atoms with E-state index in [2.05, 4.69) is 10.6 Å². The maximum atomic E-state index is 12.3. The largest absolute Gasteiger partial charge is 0.352 e. The molecule has 0 unspecified atom stereocenters. The van der Waals surface area contributed by atoms with Crippen LogP contribution in [-0.2, 0) is 0 Å². The zero-order valence-corrected chi connectivity index (χ0v) is 12.7. The van der Waals surface area contributed by atoms with Crippen molar-refractivity contribution in [3.05, 3.63) is 35.4 Å². The number of nitrogens with one attached hydrogen (secondary N) is 2. The third kappa shape index (κ3) is 4.59. The normalized spacial score (nSPS) is 16.0. The molecule has 0 heterocycles. The highest BCUT2D eigenvalue weighted by Gasteiger charge is 2.16. The Kier molecular flexibility index (Phi) is 5.78. The molecular weight excluding hydrogens is 264 g/mol. The monoisotopic (exact) mass is 292 g/mol. The first-order valence-corrected chi connectivity index (χ1v) is 7.90. The van der Waals surface area contributed by atoms with Gasteiger partial charge in [-0.25, -0.2) is 0 Å². The molecule has 1 aliphatic carbocycles. The Morgan fingerprint density at radius 2 is 1.71 bits per heavy atom. The number of carbonyl (C=O) groups is 2. The summed E-state index contributed by atoms with van der Waals surface area (Å²) in [5.41, 5.74) is 1.09. The van der Waals surface area contributed by atoms with Gasteiger partial charge in [0.25, 0.3) is 11.8 Å². The second-order valence-corrected chi connectivity index (χ2v) is 5.60. The van der Waals surface area contributed by atoms with Crippen LogP contribution in [0.4, 0.5) is 0 Å². The minimum absolute atomic E-state index is 0. The Hall–Kier alpha value is -1.84. The summed E-state index contributed by atoms with van der Waals surface area (Å²) in [7, 11) is 0. The first-order chi connectivity index (χ1) is 10.2. The van der Waals surface area contributed by atoms with Crippen LogP contribution in [0, 0.1) is 0 Å². The van der Waals surface area contributed by atoms with Crippen molar-refractivity contribution in [2.45, 2.75) is 51.5 Å². The standard InChI is InChI=1S/C17H24N2O2.2H2/c1-2-18-16(20)13-8-7-9-14(12-13)17(21)19-15-10-5-3-4-6-11-15;;/h7-9,12,15H,2-6,10-11H2,1H3,(H,18,20)(H,19,21);2*1H. The van der Waals surface area contributed by atoms with Gasteiger partial charge in [-0.15, -0.1) is 0 Å². The van der Waals surface area contributed by atoms with Crippen LogP contribution in [0.1, 0.15) is 69.0 Å². The average molecular weight is 292 g/mol. The lowest BCUT2D eigenvalue weighted by Crippen LogP contribution is -2.34. The van der Waals surface area contributed by atoms with E-state index in [1.807, 2.05) is 6.92 Å². The van der Waals surface area contributed by atoms with Crippen LogP contribution in [0.15, 0.2) is 24.3 Å². The summed E-state index contributed by atoms with van der Waals surface area (Å²) in [6.45, 7) is 2.46. The summed E-state index contributed by atoms with van der Waals surface area (Å²) < 4.78 is 0. The lowest BCUT2D eigenvalue weighted by molar-refractivity contribution is 0.0933. The minimum Gasteiger partial charge on any atom is -0.352 e. The molecule has 118 valence electrons. The Bertz CT molecular complexity index is 501. The first kappa shape index (κ1) is 15.5. The van der Waals surface area contributed by atoms with Gasteiger partial charge < -0.3 is 10.6 Å². The Morgan fingerprint density at radius 1 is 1.10 bits per heavy atom. The maximum absolute atomic E-state index is 12.3. The van der Waals surface area contributed by atoms with Gasteiger partial charge in [-0.05, 0) is 38.0 Å². The zero-order valence-electron chi connectivity index (χ0n) is 12.7. The van der Waals surface area contributed by atoms with Gasteiger partial charge in [0.15, 0.2) is 0 Å². The quantitative estimate of drug-likeness (QED) is 0.836. The molecule has 1 aromatic rings. The third-order valence-corrected chi connectivity index (χ3v) is 3.91. The second-order valence-electron chi connectivity index (χ2n) is 5.60. The molecule has 2 amide bonds. The zero-order chi connectivity index (χ0) is 15.1. The molecule has 2 rings (SSSR count). The number of amides is 2. The molecule has 0 atom stereocenters. The van der Waals surface area contributed by atoms with Crippen LogP contribution in [0.25, 0.3) is 0 Å². The number of benzene rings is 1. The SMILES string of the molecule is CCNC(=O)c1cccc(C(=O)NC2CCCCCC2)c1.[HH].[HH]. The average Bonchev–Trinajstić information content (AvgIpc) is 2.76. The van der Waals surface area contributed by atoms with E-state index in [0.29, 0.717) is 17.7 Å². The van der Waals surface area contributed by atoms with Crippen LogP contribution in [0.5, 0.6) is 0 Å². The molecule has 1 saturated carbocycles. The summed E-state index contributed by atoms with van der Waals surface area (Å²) in [4.78, 5) is 24.1. The summed E-state index contributed by atoms with van der Waals surface area (Å²) in [5.74, 6) is -0.213. The smallest absolute Gasteiger partial charge is 0.251 e. The molecule has 0 aromatic heterocycles. The molecule has 0 bridgehead atoms. The van der Waals surface area contributed by atoms with Crippen molar-refractivity contribution in [3.63, 3.8) is 0 Å². The second kappa shape index (κ2) is 7.81. The number of hydrogen-bond acceptors (Lipinski definition) is 2. The van der Waals surface area contributed by atoms with Crippen molar-refractivity contribution in [2.24, 2.45) is 0 Å². The van der Waals surface area contributed by atoms with Crippen molar-refractivity contribution in [3.8, 4) is 0 Å². The van der Waals surface area contributed by atoms with E-state index < -0.39 is 0 Å². The lowest BCUT2D eigenvalue weighted by Gasteiger charge is -2.16. The predicted octanol–water partition coefficient (Wildman–Crippen LogP) is 3.38. The van der Waals surface area contributed by atoms with Gasteiger partial charge in [0.1, 0.15) is 0 Å². The van der Waals surface area contributed by atoms with Crippen LogP contribution in [0.2, 0.25) is 0 Å². The molecule has 2 N–H and O–H groups in total. The molecule has 1 aromatic carbocycles. The van der Waals surface area contributed by atoms with Gasteiger partial charge in [0, 0.05) is 26.6 Å². The van der Waals surface area contributed by atoms with Gasteiger partial charge in [-0.2, -0.15) is 0 Å². The Balaban J connectivity index is 0.00000242. The van der Waals surface area contributed by atoms with E-state index in [4.69, 9.17) is 0 Å². The molecule has 21 heavy (non-hydrogen) atoms. The Morgan fingerprint density at radius 3 is 2.33 bits per heavy atom. The van der Waals surface area contributed by atoms with Gasteiger partial charge in [-0.1, -0.05) is 31.7 Å². The van der Waals surface area contributed by atoms with E-state index >= 15 is 0 Å². The fourth-order valence-corrected chi connectivity index (χ4v) is 2.76. The van der Waals surface area contributed by atoms with Crippen LogP contribution in [0.3, 0.4) is 0 Å². The molecule has 0 spiro atoms. The Labute approximate surface area is 129 Å². The van der Waals surface area contributed by atoms with Crippen molar-refractivity contribution < 1.29 is 12.4 Å². The predicted molar refractivity (Wildman–Crippen MR) is 87.6 cm³/mol. The molecular formula is C17H28N2O2. The number of hydrogen-bond donors (Lipinski definition) is 2. The molecule has 1 fully saturated rings. The fraction of sp³-hybridized carbons (Fsp3) is 0.529. The van der Waals surface area contributed by atoms with Crippen LogP contribution in [-0.4, -0.2) is 24.4 Å². The molecule has 1 aliphatic rings.